The number of amides is 1. The summed E-state index contributed by atoms with van der Waals surface area (Å²) in [6.07, 6.45) is -0.402. The highest BCUT2D eigenvalue weighted by molar-refractivity contribution is 6.01. The zero-order chi connectivity index (χ0) is 31.4. The fourth-order valence-corrected chi connectivity index (χ4v) is 4.84. The Morgan fingerprint density at radius 1 is 1.07 bits per heavy atom. The third kappa shape index (κ3) is 7.66. The zero-order valence-corrected chi connectivity index (χ0v) is 24.6. The van der Waals surface area contributed by atoms with Crippen LogP contribution in [0.2, 0.25) is 0 Å². The van der Waals surface area contributed by atoms with Crippen molar-refractivity contribution in [2.75, 3.05) is 19.8 Å². The first-order valence-corrected chi connectivity index (χ1v) is 14.3. The number of benzene rings is 3. The van der Waals surface area contributed by atoms with E-state index < -0.39 is 17.6 Å². The van der Waals surface area contributed by atoms with Crippen LogP contribution in [0.15, 0.2) is 88.0 Å². The summed E-state index contributed by atoms with van der Waals surface area (Å²) in [7, 11) is 0. The average molecular weight is 598 g/mol. The lowest BCUT2D eigenvalue weighted by atomic mass is 9.80. The molecule has 13 nitrogen and oxygen atoms in total. The van der Waals surface area contributed by atoms with Crippen molar-refractivity contribution in [3.05, 3.63) is 116 Å². The second kappa shape index (κ2) is 15.4. The molecule has 3 aromatic rings. The highest BCUT2D eigenvalue weighted by Crippen LogP contribution is 2.44. The lowest BCUT2D eigenvalue weighted by Gasteiger charge is -2.32. The fourth-order valence-electron chi connectivity index (χ4n) is 4.84. The number of azide groups is 2. The molecule has 0 radical (unpaired) electrons. The number of carbonyl (C=O) groups excluding carboxylic acids is 1. The Morgan fingerprint density at radius 3 is 2.50 bits per heavy atom. The normalized spacial score (nSPS) is 17.2. The number of nitrogens with zero attached hydrogens (tertiary/aromatic N) is 7. The first kappa shape index (κ1) is 31.9. The third-order valence-electron chi connectivity index (χ3n) is 6.99. The van der Waals surface area contributed by atoms with Crippen molar-refractivity contribution in [2.45, 2.75) is 44.9 Å². The molecule has 1 aliphatic heterocycles. The van der Waals surface area contributed by atoms with Gasteiger partial charge in [0.25, 0.3) is 5.91 Å². The van der Waals surface area contributed by atoms with E-state index in [9.17, 15) is 10.3 Å². The molecular formula is C31H35N9O4. The van der Waals surface area contributed by atoms with Gasteiger partial charge in [-0.3, -0.25) is 10.2 Å². The van der Waals surface area contributed by atoms with Gasteiger partial charge in [-0.15, -0.1) is 0 Å². The predicted molar refractivity (Wildman–Crippen MR) is 166 cm³/mol. The molecular weight excluding hydrogens is 562 g/mol. The zero-order valence-electron chi connectivity index (χ0n) is 24.6. The first-order chi connectivity index (χ1) is 21.4. The van der Waals surface area contributed by atoms with Gasteiger partial charge in [0, 0.05) is 47.1 Å². The molecule has 0 saturated heterocycles. The summed E-state index contributed by atoms with van der Waals surface area (Å²) in [5.74, 6) is 0.656. The van der Waals surface area contributed by atoms with E-state index in [1.165, 1.54) is 0 Å². The molecule has 1 aliphatic rings. The molecule has 44 heavy (non-hydrogen) atoms. The minimum Gasteiger partial charge on any atom is -0.494 e. The number of nitrogens with one attached hydrogen (secondary N) is 2. The van der Waals surface area contributed by atoms with Crippen LogP contribution >= 0.6 is 0 Å². The average Bonchev–Trinajstić information content (AvgIpc) is 3.41. The van der Waals surface area contributed by atoms with Crippen LogP contribution in [-0.2, 0) is 22.5 Å². The summed E-state index contributed by atoms with van der Waals surface area (Å²) in [4.78, 5) is 25.2. The maximum absolute atomic E-state index is 14.3. The Balaban J connectivity index is 1.86. The van der Waals surface area contributed by atoms with Gasteiger partial charge in [-0.25, -0.2) is 10.4 Å². The van der Waals surface area contributed by atoms with Crippen LogP contribution < -0.4 is 15.6 Å². The molecule has 1 amide bonds. The Bertz CT molecular complexity index is 1560. The van der Waals surface area contributed by atoms with Crippen molar-refractivity contribution in [1.82, 2.24) is 10.9 Å². The van der Waals surface area contributed by atoms with Crippen molar-refractivity contribution in [3.63, 3.8) is 0 Å². The Morgan fingerprint density at radius 2 is 1.80 bits per heavy atom. The molecule has 0 bridgehead atoms. The topological polar surface area (TPSA) is 190 Å². The molecule has 0 fully saturated rings. The lowest BCUT2D eigenvalue weighted by Crippen LogP contribution is -2.54. The van der Waals surface area contributed by atoms with Crippen LogP contribution in [0.5, 0.6) is 5.75 Å². The van der Waals surface area contributed by atoms with Crippen LogP contribution in [0.25, 0.3) is 20.9 Å². The Kier molecular flexibility index (Phi) is 11.2. The molecule has 3 N–H and O–H groups in total. The summed E-state index contributed by atoms with van der Waals surface area (Å²) in [5, 5.41) is 16.7. The lowest BCUT2D eigenvalue weighted by molar-refractivity contribution is -0.130. The summed E-state index contributed by atoms with van der Waals surface area (Å²) < 4.78 is 12.3. The van der Waals surface area contributed by atoms with Gasteiger partial charge >= 0.3 is 0 Å². The summed E-state index contributed by atoms with van der Waals surface area (Å²) in [5.41, 5.74) is 25.4. The number of carbonyl (C=O) groups is 1. The van der Waals surface area contributed by atoms with E-state index in [1.54, 1.807) is 48.5 Å². The second-order valence-electron chi connectivity index (χ2n) is 10.6. The van der Waals surface area contributed by atoms with E-state index in [0.29, 0.717) is 53.3 Å². The number of aliphatic imine (C=N–C) groups is 1. The smallest absolute Gasteiger partial charge is 0.266 e. The van der Waals surface area contributed by atoms with E-state index in [-0.39, 0.29) is 31.4 Å². The molecule has 13 heteroatoms. The third-order valence-corrected chi connectivity index (χ3v) is 6.99. The van der Waals surface area contributed by atoms with Gasteiger partial charge in [0.1, 0.15) is 5.75 Å². The maximum Gasteiger partial charge on any atom is 0.266 e. The molecule has 0 unspecified atom stereocenters. The van der Waals surface area contributed by atoms with Crippen molar-refractivity contribution in [1.29, 1.82) is 0 Å². The second-order valence-corrected chi connectivity index (χ2v) is 10.6. The minimum absolute atomic E-state index is 0.0315. The number of aliphatic hydroxyl groups is 1. The van der Waals surface area contributed by atoms with E-state index in [2.05, 4.69) is 30.9 Å². The minimum atomic E-state index is -1.57. The standard InChI is InChI=1S/C31H35N9O4/c1-21(2)19-34-38-30(42)31(18-23-8-4-6-11-27(23)37-40-33)28(26-10-5-3-9-24(26)20-35-39-32)44-29(36-31)22-12-14-25(15-13-22)43-17-7-16-41/h3-6,8-15,21,28,34,41H,7,16-20H2,1-2H3,(H,38,42)/t28-,31-/m0/s1. The maximum atomic E-state index is 14.3. The van der Waals surface area contributed by atoms with Crippen molar-refractivity contribution >= 4 is 17.5 Å². The number of aliphatic hydroxyl groups excluding tert-OH is 1. The Labute approximate surface area is 255 Å². The summed E-state index contributed by atoms with van der Waals surface area (Å²) >= 11 is 0. The van der Waals surface area contributed by atoms with Crippen LogP contribution in [0.1, 0.15) is 48.6 Å². The quantitative estimate of drug-likeness (QED) is 0.0637. The fraction of sp³-hybridized carbons (Fsp3) is 0.355. The molecule has 4 rings (SSSR count). The van der Waals surface area contributed by atoms with E-state index in [1.807, 2.05) is 38.1 Å². The number of ether oxygens (including phenoxy) is 2. The van der Waals surface area contributed by atoms with E-state index >= 15 is 0 Å². The van der Waals surface area contributed by atoms with Crippen molar-refractivity contribution in [3.8, 4) is 5.75 Å². The van der Waals surface area contributed by atoms with Crippen LogP contribution in [0.3, 0.4) is 0 Å². The number of rotatable bonds is 15. The summed E-state index contributed by atoms with van der Waals surface area (Å²) in [6.45, 7) is 5.00. The highest BCUT2D eigenvalue weighted by Gasteiger charge is 2.54. The van der Waals surface area contributed by atoms with Crippen LogP contribution in [0, 0.1) is 5.92 Å². The molecule has 1 heterocycles. The van der Waals surface area contributed by atoms with Crippen LogP contribution in [-0.4, -0.2) is 42.2 Å². The molecule has 2 atom stereocenters. The predicted octanol–water partition coefficient (Wildman–Crippen LogP) is 5.98. The van der Waals surface area contributed by atoms with E-state index in [4.69, 9.17) is 25.1 Å². The first-order valence-electron chi connectivity index (χ1n) is 14.3. The highest BCUT2D eigenvalue weighted by atomic mass is 16.5. The molecule has 0 saturated carbocycles. The van der Waals surface area contributed by atoms with Crippen molar-refractivity contribution in [2.24, 2.45) is 21.1 Å². The molecule has 0 aliphatic carbocycles. The summed E-state index contributed by atoms with van der Waals surface area (Å²) in [6, 6.07) is 21.4. The van der Waals surface area contributed by atoms with Crippen molar-refractivity contribution < 1.29 is 19.4 Å². The number of hydrogen-bond donors (Lipinski definition) is 3. The number of hydrogen-bond acceptors (Lipinski definition) is 8. The molecule has 3 aromatic carbocycles. The van der Waals surface area contributed by atoms with Gasteiger partial charge in [0.2, 0.25) is 5.90 Å². The number of hydrazine groups is 1. The molecule has 0 spiro atoms. The van der Waals surface area contributed by atoms with Gasteiger partial charge in [0.15, 0.2) is 11.6 Å². The van der Waals surface area contributed by atoms with E-state index in [0.717, 1.165) is 0 Å². The SMILES string of the molecule is CC(C)CNNC(=O)[C@@]1(Cc2ccccc2N=[N+]=[N-])N=C(c2ccc(OCCCO)cc2)O[C@H]1c1ccccc1CN=[N+]=[N-]. The monoisotopic (exact) mass is 597 g/mol. The van der Waals surface area contributed by atoms with Gasteiger partial charge in [-0.1, -0.05) is 72.6 Å². The molecule has 0 aromatic heterocycles. The largest absolute Gasteiger partial charge is 0.494 e. The van der Waals surface area contributed by atoms with Crippen LogP contribution in [0.4, 0.5) is 5.69 Å². The molecule has 228 valence electrons. The van der Waals surface area contributed by atoms with Gasteiger partial charge in [-0.05, 0) is 57.9 Å². The Hall–Kier alpha value is -5.06. The van der Waals surface area contributed by atoms with Gasteiger partial charge in [-0.2, -0.15) is 0 Å². The van der Waals surface area contributed by atoms with Gasteiger partial charge in [0.05, 0.1) is 13.2 Å². The van der Waals surface area contributed by atoms with Gasteiger partial charge < -0.3 is 14.6 Å².